The van der Waals surface area contributed by atoms with E-state index < -0.39 is 12.1 Å². The predicted octanol–water partition coefficient (Wildman–Crippen LogP) is 4.51. The number of guanidine groups is 1. The van der Waals surface area contributed by atoms with Gasteiger partial charge in [0.05, 0.1) is 32.8 Å². The Morgan fingerprint density at radius 1 is 1.17 bits per heavy atom. The third-order valence-corrected chi connectivity index (χ3v) is 4.83. The number of ether oxygens (including phenoxy) is 2. The Hall–Kier alpha value is -1.23. The molecule has 1 aliphatic carbocycles. The van der Waals surface area contributed by atoms with Gasteiger partial charge in [-0.2, -0.15) is 13.2 Å². The zero-order chi connectivity index (χ0) is 20.4. The Balaban J connectivity index is 0.00000420. The van der Waals surface area contributed by atoms with E-state index in [-0.39, 0.29) is 42.9 Å². The average molecular weight is 529 g/mol. The summed E-state index contributed by atoms with van der Waals surface area (Å²) in [5.74, 6) is 0.239. The van der Waals surface area contributed by atoms with E-state index in [2.05, 4.69) is 15.6 Å². The van der Waals surface area contributed by atoms with Crippen molar-refractivity contribution in [1.29, 1.82) is 0 Å². The molecule has 1 aromatic rings. The molecule has 0 saturated heterocycles. The first-order valence-corrected chi connectivity index (χ1v) is 9.75. The van der Waals surface area contributed by atoms with Gasteiger partial charge in [-0.3, -0.25) is 4.99 Å². The van der Waals surface area contributed by atoms with Crippen LogP contribution in [0.25, 0.3) is 0 Å². The van der Waals surface area contributed by atoms with E-state index in [1.54, 1.807) is 7.11 Å². The molecule has 5 nitrogen and oxygen atoms in total. The lowest BCUT2D eigenvalue weighted by atomic mass is 9.85. The fourth-order valence-corrected chi connectivity index (χ4v) is 3.30. The molecule has 0 bridgehead atoms. The Morgan fingerprint density at radius 2 is 1.86 bits per heavy atom. The maximum Gasteiger partial charge on any atom is 0.391 e. The van der Waals surface area contributed by atoms with Gasteiger partial charge in [-0.05, 0) is 38.7 Å². The van der Waals surface area contributed by atoms with Gasteiger partial charge in [0, 0.05) is 18.2 Å². The summed E-state index contributed by atoms with van der Waals surface area (Å²) < 4.78 is 49.3. The number of rotatable bonds is 8. The van der Waals surface area contributed by atoms with Gasteiger partial charge in [0.2, 0.25) is 0 Å². The van der Waals surface area contributed by atoms with E-state index in [0.717, 1.165) is 11.3 Å². The molecule has 0 aliphatic heterocycles. The number of hydrogen-bond acceptors (Lipinski definition) is 3. The highest BCUT2D eigenvalue weighted by Crippen LogP contribution is 2.37. The van der Waals surface area contributed by atoms with Crippen molar-refractivity contribution in [3.63, 3.8) is 0 Å². The highest BCUT2D eigenvalue weighted by molar-refractivity contribution is 14.0. The summed E-state index contributed by atoms with van der Waals surface area (Å²) in [4.78, 5) is 4.47. The van der Waals surface area contributed by atoms with Crippen molar-refractivity contribution < 1.29 is 22.6 Å². The highest BCUT2D eigenvalue weighted by Gasteiger charge is 2.41. The first kappa shape index (κ1) is 25.8. The molecule has 1 saturated carbocycles. The van der Waals surface area contributed by atoms with Gasteiger partial charge < -0.3 is 20.1 Å². The fourth-order valence-electron chi connectivity index (χ4n) is 3.30. The lowest BCUT2D eigenvalue weighted by molar-refractivity contribution is -0.182. The third-order valence-electron chi connectivity index (χ3n) is 4.83. The van der Waals surface area contributed by atoms with Crippen LogP contribution in [0.5, 0.6) is 5.75 Å². The summed E-state index contributed by atoms with van der Waals surface area (Å²) in [6.07, 6.45) is -2.74. The van der Waals surface area contributed by atoms with Crippen molar-refractivity contribution in [2.75, 3.05) is 26.8 Å². The number of benzene rings is 1. The molecule has 166 valence electrons. The van der Waals surface area contributed by atoms with E-state index in [0.29, 0.717) is 45.1 Å². The summed E-state index contributed by atoms with van der Waals surface area (Å²) >= 11 is 0. The van der Waals surface area contributed by atoms with Crippen LogP contribution in [0.3, 0.4) is 0 Å². The SMILES string of the molecule is CCNC(=NCCOCc1ccccc1OC)NC1CCC(C(F)(F)F)CC1.I. The second-order valence-electron chi connectivity index (χ2n) is 6.86. The van der Waals surface area contributed by atoms with E-state index >= 15 is 0 Å². The molecule has 0 amide bonds. The lowest BCUT2D eigenvalue weighted by Crippen LogP contribution is -2.46. The van der Waals surface area contributed by atoms with Crippen LogP contribution in [0, 0.1) is 5.92 Å². The van der Waals surface area contributed by atoms with E-state index in [1.807, 2.05) is 31.2 Å². The van der Waals surface area contributed by atoms with Crippen molar-refractivity contribution in [3.8, 4) is 5.75 Å². The minimum atomic E-state index is -4.08. The number of alkyl halides is 3. The second-order valence-corrected chi connectivity index (χ2v) is 6.86. The number of nitrogens with one attached hydrogen (secondary N) is 2. The average Bonchev–Trinajstić information content (AvgIpc) is 2.68. The molecular formula is C20H31F3IN3O2. The second kappa shape index (κ2) is 13.1. The van der Waals surface area contributed by atoms with Crippen molar-refractivity contribution in [2.45, 2.75) is 51.4 Å². The molecule has 0 heterocycles. The maximum absolute atomic E-state index is 12.8. The number of aliphatic imine (C=N–C) groups is 1. The van der Waals surface area contributed by atoms with Crippen molar-refractivity contribution >= 4 is 29.9 Å². The molecule has 2 N–H and O–H groups in total. The molecule has 0 atom stereocenters. The number of nitrogens with zero attached hydrogens (tertiary/aromatic N) is 1. The van der Waals surface area contributed by atoms with Crippen LogP contribution >= 0.6 is 24.0 Å². The van der Waals surface area contributed by atoms with Gasteiger partial charge in [0.1, 0.15) is 5.75 Å². The Bertz CT molecular complexity index is 621. The van der Waals surface area contributed by atoms with E-state index in [4.69, 9.17) is 9.47 Å². The van der Waals surface area contributed by atoms with Crippen LogP contribution in [0.2, 0.25) is 0 Å². The monoisotopic (exact) mass is 529 g/mol. The summed E-state index contributed by atoms with van der Waals surface area (Å²) in [6, 6.07) is 7.69. The Morgan fingerprint density at radius 3 is 2.48 bits per heavy atom. The maximum atomic E-state index is 12.8. The molecule has 29 heavy (non-hydrogen) atoms. The fraction of sp³-hybridized carbons (Fsp3) is 0.650. The molecule has 0 radical (unpaired) electrons. The zero-order valence-corrected chi connectivity index (χ0v) is 19.3. The Kier molecular flexibility index (Phi) is 11.7. The molecule has 2 rings (SSSR count). The van der Waals surface area contributed by atoms with Gasteiger partial charge in [0.25, 0.3) is 0 Å². The molecule has 9 heteroatoms. The quantitative estimate of drug-likeness (QED) is 0.225. The standard InChI is InChI=1S/C20H30F3N3O2.HI/c1-3-24-19(26-17-10-8-16(9-11-17)20(21,22)23)25-12-13-28-14-15-6-4-5-7-18(15)27-2;/h4-7,16-17H,3,8-14H2,1-2H3,(H2,24,25,26);1H. The molecule has 0 spiro atoms. The van der Waals surface area contributed by atoms with Crippen molar-refractivity contribution in [1.82, 2.24) is 10.6 Å². The first-order chi connectivity index (χ1) is 13.4. The molecule has 0 unspecified atom stereocenters. The van der Waals surface area contributed by atoms with Crippen LogP contribution in [-0.2, 0) is 11.3 Å². The largest absolute Gasteiger partial charge is 0.496 e. The van der Waals surface area contributed by atoms with Gasteiger partial charge in [-0.15, -0.1) is 24.0 Å². The van der Waals surface area contributed by atoms with Crippen molar-refractivity contribution in [2.24, 2.45) is 10.9 Å². The topological polar surface area (TPSA) is 54.9 Å². The van der Waals surface area contributed by atoms with Crippen LogP contribution in [0.15, 0.2) is 29.3 Å². The smallest absolute Gasteiger partial charge is 0.391 e. The van der Waals surface area contributed by atoms with Crippen LogP contribution < -0.4 is 15.4 Å². The minimum Gasteiger partial charge on any atom is -0.496 e. The molecular weight excluding hydrogens is 498 g/mol. The number of halogens is 4. The predicted molar refractivity (Wildman–Crippen MR) is 119 cm³/mol. The van der Waals surface area contributed by atoms with E-state index in [9.17, 15) is 13.2 Å². The zero-order valence-electron chi connectivity index (χ0n) is 16.9. The van der Waals surface area contributed by atoms with Gasteiger partial charge in [-0.25, -0.2) is 0 Å². The molecule has 1 aromatic carbocycles. The number of methoxy groups -OCH3 is 1. The minimum absolute atomic E-state index is 0. The highest BCUT2D eigenvalue weighted by atomic mass is 127. The van der Waals surface area contributed by atoms with Crippen molar-refractivity contribution in [3.05, 3.63) is 29.8 Å². The summed E-state index contributed by atoms with van der Waals surface area (Å²) in [6.45, 7) is 3.98. The summed E-state index contributed by atoms with van der Waals surface area (Å²) in [5.41, 5.74) is 0.973. The van der Waals surface area contributed by atoms with Crippen LogP contribution in [-0.4, -0.2) is 45.0 Å². The number of hydrogen-bond donors (Lipinski definition) is 2. The molecule has 1 fully saturated rings. The summed E-state index contributed by atoms with van der Waals surface area (Å²) in [7, 11) is 1.62. The molecule has 0 aromatic heterocycles. The normalized spacial score (nSPS) is 20.0. The Labute approximate surface area is 187 Å². The van der Waals surface area contributed by atoms with Gasteiger partial charge in [0.15, 0.2) is 5.96 Å². The first-order valence-electron chi connectivity index (χ1n) is 9.75. The van der Waals surface area contributed by atoms with Gasteiger partial charge in [-0.1, -0.05) is 18.2 Å². The van der Waals surface area contributed by atoms with Crippen LogP contribution in [0.1, 0.15) is 38.2 Å². The van der Waals surface area contributed by atoms with Crippen LogP contribution in [0.4, 0.5) is 13.2 Å². The van der Waals surface area contributed by atoms with Gasteiger partial charge >= 0.3 is 6.18 Å². The third kappa shape index (κ3) is 8.98. The molecule has 1 aliphatic rings. The number of para-hydroxylation sites is 1. The van der Waals surface area contributed by atoms with E-state index in [1.165, 1.54) is 0 Å². The lowest BCUT2D eigenvalue weighted by Gasteiger charge is -2.31. The summed E-state index contributed by atoms with van der Waals surface area (Å²) in [5, 5.41) is 6.39.